The Morgan fingerprint density at radius 1 is 0.952 bits per heavy atom. The molecule has 0 aliphatic carbocycles. The maximum atomic E-state index is 5.36. The van der Waals surface area contributed by atoms with Gasteiger partial charge in [0.2, 0.25) is 0 Å². The molecule has 3 rings (SSSR count). The van der Waals surface area contributed by atoms with E-state index in [0.717, 1.165) is 22.5 Å². The van der Waals surface area contributed by atoms with Gasteiger partial charge in [-0.1, -0.05) is 28.1 Å². The van der Waals surface area contributed by atoms with E-state index in [-0.39, 0.29) is 0 Å². The summed E-state index contributed by atoms with van der Waals surface area (Å²) in [5, 5.41) is 1.23. The number of halogens is 1. The van der Waals surface area contributed by atoms with Crippen molar-refractivity contribution >= 4 is 26.8 Å². The molecule has 0 radical (unpaired) electrons. The lowest BCUT2D eigenvalue weighted by molar-refractivity contribution is 0.354. The summed E-state index contributed by atoms with van der Waals surface area (Å²) in [4.78, 5) is 0. The van der Waals surface area contributed by atoms with E-state index in [9.17, 15) is 0 Å². The van der Waals surface area contributed by atoms with Gasteiger partial charge in [-0.15, -0.1) is 0 Å². The predicted molar refractivity (Wildman–Crippen MR) is 88.3 cm³/mol. The number of aromatic nitrogens is 1. The van der Waals surface area contributed by atoms with E-state index in [4.69, 9.17) is 9.47 Å². The van der Waals surface area contributed by atoms with Gasteiger partial charge in [-0.3, -0.25) is 0 Å². The lowest BCUT2D eigenvalue weighted by Gasteiger charge is -2.11. The molecule has 0 spiro atoms. The highest BCUT2D eigenvalue weighted by atomic mass is 79.9. The van der Waals surface area contributed by atoms with Gasteiger partial charge in [0.25, 0.3) is 0 Å². The Kier molecular flexibility index (Phi) is 3.88. The van der Waals surface area contributed by atoms with Gasteiger partial charge in [0.15, 0.2) is 11.5 Å². The first-order valence-electron chi connectivity index (χ1n) is 6.66. The fraction of sp³-hybridized carbons (Fsp3) is 0.176. The average Bonchev–Trinajstić information content (AvgIpc) is 2.89. The SMILES string of the molecule is COc1ccc(Cn2ccc3ccc(Br)cc32)cc1OC. The van der Waals surface area contributed by atoms with E-state index in [2.05, 4.69) is 57.0 Å². The van der Waals surface area contributed by atoms with Crippen LogP contribution in [0.3, 0.4) is 0 Å². The van der Waals surface area contributed by atoms with Crippen molar-refractivity contribution in [3.63, 3.8) is 0 Å². The molecule has 2 aromatic carbocycles. The van der Waals surface area contributed by atoms with Crippen LogP contribution in [0.2, 0.25) is 0 Å². The van der Waals surface area contributed by atoms with Gasteiger partial charge in [0.1, 0.15) is 0 Å². The fourth-order valence-electron chi connectivity index (χ4n) is 2.47. The molecule has 0 N–H and O–H groups in total. The smallest absolute Gasteiger partial charge is 0.161 e. The second-order valence-corrected chi connectivity index (χ2v) is 5.75. The molecule has 0 fully saturated rings. The summed E-state index contributed by atoms with van der Waals surface area (Å²) in [6.07, 6.45) is 2.10. The molecule has 0 bridgehead atoms. The predicted octanol–water partition coefficient (Wildman–Crippen LogP) is 4.47. The van der Waals surface area contributed by atoms with Crippen LogP contribution in [-0.2, 0) is 6.54 Å². The Morgan fingerprint density at radius 3 is 2.52 bits per heavy atom. The van der Waals surface area contributed by atoms with Gasteiger partial charge in [-0.2, -0.15) is 0 Å². The first-order valence-corrected chi connectivity index (χ1v) is 7.46. The number of methoxy groups -OCH3 is 2. The van der Waals surface area contributed by atoms with E-state index < -0.39 is 0 Å². The van der Waals surface area contributed by atoms with Gasteiger partial charge < -0.3 is 14.0 Å². The highest BCUT2D eigenvalue weighted by molar-refractivity contribution is 9.10. The number of hydrogen-bond donors (Lipinski definition) is 0. The molecule has 1 heterocycles. The molecular weight excluding hydrogens is 330 g/mol. The molecule has 0 aliphatic rings. The Morgan fingerprint density at radius 2 is 1.76 bits per heavy atom. The van der Waals surface area contributed by atoms with E-state index in [0.29, 0.717) is 0 Å². The summed E-state index contributed by atoms with van der Waals surface area (Å²) in [6.45, 7) is 0.792. The van der Waals surface area contributed by atoms with Crippen molar-refractivity contribution in [3.05, 3.63) is 58.7 Å². The Balaban J connectivity index is 1.96. The molecule has 21 heavy (non-hydrogen) atoms. The third-order valence-electron chi connectivity index (χ3n) is 3.54. The first kappa shape index (κ1) is 14.0. The van der Waals surface area contributed by atoms with Crippen molar-refractivity contribution in [2.45, 2.75) is 6.54 Å². The number of fused-ring (bicyclic) bond motifs is 1. The molecule has 3 aromatic rings. The highest BCUT2D eigenvalue weighted by Crippen LogP contribution is 2.28. The van der Waals surface area contributed by atoms with Gasteiger partial charge in [0.05, 0.1) is 14.2 Å². The standard InChI is InChI=1S/C17H16BrNO2/c1-20-16-6-3-12(9-17(16)21-2)11-19-8-7-13-4-5-14(18)10-15(13)19/h3-10H,11H2,1-2H3. The van der Waals surface area contributed by atoms with E-state index in [1.165, 1.54) is 16.5 Å². The van der Waals surface area contributed by atoms with E-state index in [1.54, 1.807) is 14.2 Å². The maximum absolute atomic E-state index is 5.36. The molecule has 1 aromatic heterocycles. The molecule has 0 atom stereocenters. The van der Waals surface area contributed by atoms with Gasteiger partial charge in [-0.25, -0.2) is 0 Å². The summed E-state index contributed by atoms with van der Waals surface area (Å²) in [6, 6.07) is 14.5. The number of hydrogen-bond acceptors (Lipinski definition) is 2. The Hall–Kier alpha value is -1.94. The molecule has 0 aliphatic heterocycles. The second-order valence-electron chi connectivity index (χ2n) is 4.84. The van der Waals surface area contributed by atoms with Gasteiger partial charge >= 0.3 is 0 Å². The van der Waals surface area contributed by atoms with Gasteiger partial charge in [0, 0.05) is 22.7 Å². The van der Waals surface area contributed by atoms with Gasteiger partial charge in [-0.05, 0) is 41.3 Å². The lowest BCUT2D eigenvalue weighted by atomic mass is 10.2. The molecule has 0 saturated heterocycles. The van der Waals surface area contributed by atoms with Crippen molar-refractivity contribution in [1.29, 1.82) is 0 Å². The minimum atomic E-state index is 0.751. The van der Waals surface area contributed by atoms with Crippen LogP contribution < -0.4 is 9.47 Å². The summed E-state index contributed by atoms with van der Waals surface area (Å²) in [5.74, 6) is 1.51. The zero-order valence-electron chi connectivity index (χ0n) is 12.0. The normalized spacial score (nSPS) is 10.8. The second kappa shape index (κ2) is 5.82. The van der Waals surface area contributed by atoms with Crippen LogP contribution in [0.1, 0.15) is 5.56 Å². The summed E-state index contributed by atoms with van der Waals surface area (Å²) < 4.78 is 13.9. The zero-order valence-corrected chi connectivity index (χ0v) is 13.6. The lowest BCUT2D eigenvalue weighted by Crippen LogP contribution is -1.99. The average molecular weight is 346 g/mol. The van der Waals surface area contributed by atoms with E-state index >= 15 is 0 Å². The molecular formula is C17H16BrNO2. The van der Waals surface area contributed by atoms with Crippen LogP contribution in [0.5, 0.6) is 11.5 Å². The Labute approximate surface area is 132 Å². The molecule has 4 heteroatoms. The largest absolute Gasteiger partial charge is 0.493 e. The third-order valence-corrected chi connectivity index (χ3v) is 4.03. The number of ether oxygens (including phenoxy) is 2. The third kappa shape index (κ3) is 2.76. The molecule has 108 valence electrons. The first-order chi connectivity index (χ1) is 10.2. The summed E-state index contributed by atoms with van der Waals surface area (Å²) in [5.41, 5.74) is 2.38. The maximum Gasteiger partial charge on any atom is 0.161 e. The van der Waals surface area contributed by atoms with Crippen molar-refractivity contribution in [1.82, 2.24) is 4.57 Å². The van der Waals surface area contributed by atoms with Crippen LogP contribution in [0.15, 0.2) is 53.1 Å². The van der Waals surface area contributed by atoms with Crippen molar-refractivity contribution in [2.24, 2.45) is 0 Å². The van der Waals surface area contributed by atoms with E-state index in [1.807, 2.05) is 12.1 Å². The van der Waals surface area contributed by atoms with Crippen LogP contribution in [0.4, 0.5) is 0 Å². The summed E-state index contributed by atoms with van der Waals surface area (Å²) in [7, 11) is 3.30. The number of benzene rings is 2. The van der Waals surface area contributed by atoms with Crippen molar-refractivity contribution in [3.8, 4) is 11.5 Å². The Bertz CT molecular complexity index is 780. The molecule has 0 saturated carbocycles. The molecule has 3 nitrogen and oxygen atoms in total. The van der Waals surface area contributed by atoms with Crippen LogP contribution >= 0.6 is 15.9 Å². The number of nitrogens with zero attached hydrogens (tertiary/aromatic N) is 1. The monoisotopic (exact) mass is 345 g/mol. The fourth-order valence-corrected chi connectivity index (χ4v) is 2.82. The van der Waals surface area contributed by atoms with Crippen LogP contribution in [-0.4, -0.2) is 18.8 Å². The summed E-state index contributed by atoms with van der Waals surface area (Å²) >= 11 is 3.53. The van der Waals surface area contributed by atoms with Crippen molar-refractivity contribution < 1.29 is 9.47 Å². The minimum absolute atomic E-state index is 0.751. The molecule has 0 unspecified atom stereocenters. The van der Waals surface area contributed by atoms with Crippen molar-refractivity contribution in [2.75, 3.05) is 14.2 Å². The van der Waals surface area contributed by atoms with Crippen LogP contribution in [0, 0.1) is 0 Å². The number of rotatable bonds is 4. The highest BCUT2D eigenvalue weighted by Gasteiger charge is 2.07. The topological polar surface area (TPSA) is 23.4 Å². The molecule has 0 amide bonds. The quantitative estimate of drug-likeness (QED) is 0.696. The zero-order chi connectivity index (χ0) is 14.8. The van der Waals surface area contributed by atoms with Crippen LogP contribution in [0.25, 0.3) is 10.9 Å². The minimum Gasteiger partial charge on any atom is -0.493 e.